The van der Waals surface area contributed by atoms with Gasteiger partial charge >= 0.3 is 0 Å². The fourth-order valence-electron chi connectivity index (χ4n) is 1.48. The Kier molecular flexibility index (Phi) is 3.20. The third-order valence-electron chi connectivity index (χ3n) is 2.14. The Labute approximate surface area is 79.5 Å². The predicted molar refractivity (Wildman–Crippen MR) is 58.0 cm³/mol. The molecule has 0 aromatic carbocycles. The van der Waals surface area contributed by atoms with Crippen LogP contribution in [-0.4, -0.2) is 18.8 Å². The predicted octanol–water partition coefficient (Wildman–Crippen LogP) is 1.85. The molecule has 0 fully saturated rings. The first kappa shape index (κ1) is 9.93. The molecule has 2 N–H and O–H groups in total. The highest BCUT2D eigenvalue weighted by atomic mass is 14.7. The lowest BCUT2D eigenvalue weighted by atomic mass is 9.92. The Morgan fingerprint density at radius 2 is 2.23 bits per heavy atom. The number of nitrogens with two attached hydrogens (primary N) is 1. The SMILES string of the molecule is C/C=C1/C([C@H](C)N)=CC=CC1=NC. The monoisotopic (exact) mass is 176 g/mol. The highest BCUT2D eigenvalue weighted by molar-refractivity contribution is 6.12. The molecule has 0 amide bonds. The van der Waals surface area contributed by atoms with Crippen molar-refractivity contribution in [2.45, 2.75) is 19.9 Å². The Balaban J connectivity index is 3.11. The molecule has 0 unspecified atom stereocenters. The van der Waals surface area contributed by atoms with Gasteiger partial charge in [-0.15, -0.1) is 0 Å². The van der Waals surface area contributed by atoms with E-state index >= 15 is 0 Å². The number of hydrogen-bond donors (Lipinski definition) is 1. The van der Waals surface area contributed by atoms with E-state index in [1.807, 2.05) is 26.0 Å². The summed E-state index contributed by atoms with van der Waals surface area (Å²) in [6.07, 6.45) is 8.10. The van der Waals surface area contributed by atoms with Gasteiger partial charge in [0.1, 0.15) is 0 Å². The van der Waals surface area contributed by atoms with Crippen molar-refractivity contribution in [3.63, 3.8) is 0 Å². The summed E-state index contributed by atoms with van der Waals surface area (Å²) in [5.74, 6) is 0. The van der Waals surface area contributed by atoms with Crippen LogP contribution < -0.4 is 5.73 Å². The first-order valence-electron chi connectivity index (χ1n) is 4.48. The molecule has 1 atom stereocenters. The first-order valence-corrected chi connectivity index (χ1v) is 4.48. The molecule has 2 heteroatoms. The third kappa shape index (κ3) is 1.95. The first-order chi connectivity index (χ1) is 6.20. The Hall–Kier alpha value is -1.15. The van der Waals surface area contributed by atoms with Gasteiger partial charge in [-0.2, -0.15) is 0 Å². The van der Waals surface area contributed by atoms with Crippen molar-refractivity contribution >= 4 is 5.71 Å². The van der Waals surface area contributed by atoms with Crippen molar-refractivity contribution in [2.75, 3.05) is 7.05 Å². The maximum atomic E-state index is 5.85. The average Bonchev–Trinajstić information content (AvgIpc) is 2.16. The van der Waals surface area contributed by atoms with Crippen molar-refractivity contribution in [1.29, 1.82) is 0 Å². The van der Waals surface area contributed by atoms with E-state index in [1.165, 1.54) is 0 Å². The Bertz CT molecular complexity index is 304. The summed E-state index contributed by atoms with van der Waals surface area (Å²) < 4.78 is 0. The average molecular weight is 176 g/mol. The second kappa shape index (κ2) is 4.19. The van der Waals surface area contributed by atoms with Gasteiger partial charge in [-0.3, -0.25) is 4.99 Å². The van der Waals surface area contributed by atoms with Gasteiger partial charge in [0.25, 0.3) is 0 Å². The van der Waals surface area contributed by atoms with Crippen LogP contribution in [0.4, 0.5) is 0 Å². The van der Waals surface area contributed by atoms with Crippen LogP contribution in [0.15, 0.2) is 40.4 Å². The van der Waals surface area contributed by atoms with E-state index in [0.717, 1.165) is 16.9 Å². The summed E-state index contributed by atoms with van der Waals surface area (Å²) in [7, 11) is 1.80. The molecule has 0 bridgehead atoms. The number of allylic oxidation sites excluding steroid dienone is 4. The van der Waals surface area contributed by atoms with Crippen molar-refractivity contribution in [1.82, 2.24) is 0 Å². The van der Waals surface area contributed by atoms with E-state index in [0.29, 0.717) is 0 Å². The zero-order chi connectivity index (χ0) is 9.84. The molecule has 1 aliphatic carbocycles. The molecule has 0 saturated heterocycles. The minimum absolute atomic E-state index is 0.0629. The minimum atomic E-state index is 0.0629. The number of hydrogen-bond acceptors (Lipinski definition) is 2. The van der Waals surface area contributed by atoms with Crippen LogP contribution in [0.3, 0.4) is 0 Å². The van der Waals surface area contributed by atoms with Crippen LogP contribution in [0, 0.1) is 0 Å². The highest BCUT2D eigenvalue weighted by Crippen LogP contribution is 2.19. The lowest BCUT2D eigenvalue weighted by Gasteiger charge is -2.17. The molecule has 0 spiro atoms. The van der Waals surface area contributed by atoms with Gasteiger partial charge in [-0.05, 0) is 25.5 Å². The second-order valence-corrected chi connectivity index (χ2v) is 3.08. The van der Waals surface area contributed by atoms with E-state index in [9.17, 15) is 0 Å². The van der Waals surface area contributed by atoms with Crippen LogP contribution >= 0.6 is 0 Å². The zero-order valence-electron chi connectivity index (χ0n) is 8.41. The van der Waals surface area contributed by atoms with Crippen molar-refractivity contribution in [3.05, 3.63) is 35.5 Å². The Morgan fingerprint density at radius 1 is 1.54 bits per heavy atom. The molecular formula is C11H16N2. The Morgan fingerprint density at radius 3 is 2.69 bits per heavy atom. The minimum Gasteiger partial charge on any atom is -0.324 e. The summed E-state index contributed by atoms with van der Waals surface area (Å²) >= 11 is 0. The summed E-state index contributed by atoms with van der Waals surface area (Å²) in [5, 5.41) is 0. The fourth-order valence-corrected chi connectivity index (χ4v) is 1.48. The normalized spacial score (nSPS) is 25.1. The van der Waals surface area contributed by atoms with Gasteiger partial charge in [0.15, 0.2) is 0 Å². The number of aliphatic imine (C=N–C) groups is 1. The quantitative estimate of drug-likeness (QED) is 0.650. The van der Waals surface area contributed by atoms with E-state index in [1.54, 1.807) is 7.05 Å². The lowest BCUT2D eigenvalue weighted by molar-refractivity contribution is 0.876. The molecule has 0 heterocycles. The molecule has 1 aliphatic rings. The van der Waals surface area contributed by atoms with Gasteiger partial charge in [0, 0.05) is 18.7 Å². The molecule has 70 valence electrons. The van der Waals surface area contributed by atoms with Crippen LogP contribution in [-0.2, 0) is 0 Å². The molecule has 0 aromatic heterocycles. The van der Waals surface area contributed by atoms with E-state index in [-0.39, 0.29) is 6.04 Å². The molecule has 2 nitrogen and oxygen atoms in total. The van der Waals surface area contributed by atoms with E-state index < -0.39 is 0 Å². The molecule has 0 radical (unpaired) electrons. The van der Waals surface area contributed by atoms with Gasteiger partial charge in [-0.1, -0.05) is 18.2 Å². The summed E-state index contributed by atoms with van der Waals surface area (Å²) in [4.78, 5) is 4.20. The standard InChI is InChI=1S/C11H16N2/c1-4-9-10(8(2)12)6-5-7-11(9)13-3/h4-8H,12H2,1-3H3/b9-4-,13-11?/t8-/m0/s1. The van der Waals surface area contributed by atoms with Crippen LogP contribution in [0.2, 0.25) is 0 Å². The van der Waals surface area contributed by atoms with Crippen LogP contribution in [0.25, 0.3) is 0 Å². The summed E-state index contributed by atoms with van der Waals surface area (Å²) in [6, 6.07) is 0.0629. The molecule has 1 rings (SSSR count). The molecule has 0 saturated carbocycles. The highest BCUT2D eigenvalue weighted by Gasteiger charge is 2.14. The van der Waals surface area contributed by atoms with Gasteiger partial charge in [-0.25, -0.2) is 0 Å². The van der Waals surface area contributed by atoms with Gasteiger partial charge in [0.05, 0.1) is 5.71 Å². The maximum Gasteiger partial charge on any atom is 0.0643 e. The van der Waals surface area contributed by atoms with Crippen molar-refractivity contribution in [3.8, 4) is 0 Å². The van der Waals surface area contributed by atoms with E-state index in [4.69, 9.17) is 5.73 Å². The van der Waals surface area contributed by atoms with Crippen LogP contribution in [0.1, 0.15) is 13.8 Å². The maximum absolute atomic E-state index is 5.85. The van der Waals surface area contributed by atoms with Crippen LogP contribution in [0.5, 0.6) is 0 Å². The molecule has 13 heavy (non-hydrogen) atoms. The van der Waals surface area contributed by atoms with Crippen molar-refractivity contribution in [2.24, 2.45) is 10.7 Å². The second-order valence-electron chi connectivity index (χ2n) is 3.08. The number of rotatable bonds is 1. The van der Waals surface area contributed by atoms with Gasteiger partial charge < -0.3 is 5.73 Å². The number of nitrogens with zero attached hydrogens (tertiary/aromatic N) is 1. The topological polar surface area (TPSA) is 38.4 Å². The smallest absolute Gasteiger partial charge is 0.0643 e. The lowest BCUT2D eigenvalue weighted by Crippen LogP contribution is -2.23. The third-order valence-corrected chi connectivity index (χ3v) is 2.14. The molecule has 0 aromatic rings. The van der Waals surface area contributed by atoms with Gasteiger partial charge in [0.2, 0.25) is 0 Å². The van der Waals surface area contributed by atoms with Crippen molar-refractivity contribution < 1.29 is 0 Å². The molecule has 0 aliphatic heterocycles. The fraction of sp³-hybridized carbons (Fsp3) is 0.364. The largest absolute Gasteiger partial charge is 0.324 e. The summed E-state index contributed by atoms with van der Waals surface area (Å²) in [6.45, 7) is 4.00. The zero-order valence-corrected chi connectivity index (χ0v) is 8.41. The molecular weight excluding hydrogens is 160 g/mol. The summed E-state index contributed by atoms with van der Waals surface area (Å²) in [5.41, 5.74) is 9.17. The van der Waals surface area contributed by atoms with E-state index in [2.05, 4.69) is 17.1 Å².